The molecule has 0 aliphatic carbocycles. The van der Waals surface area contributed by atoms with Crippen LogP contribution in [0.4, 0.5) is 0 Å². The summed E-state index contributed by atoms with van der Waals surface area (Å²) >= 11 is 1.43. The minimum atomic E-state index is -0.945. The molecule has 5 heteroatoms. The van der Waals surface area contributed by atoms with Crippen molar-refractivity contribution in [1.82, 2.24) is 9.88 Å². The fraction of sp³-hybridized carbons (Fsp3) is 0.333. The van der Waals surface area contributed by atoms with Crippen molar-refractivity contribution in [3.8, 4) is 0 Å². The van der Waals surface area contributed by atoms with Crippen molar-refractivity contribution in [3.63, 3.8) is 0 Å². The molecule has 0 atom stereocenters. The van der Waals surface area contributed by atoms with Gasteiger partial charge in [-0.05, 0) is 17.5 Å². The molecule has 1 N–H and O–H groups in total. The van der Waals surface area contributed by atoms with E-state index in [-0.39, 0.29) is 5.69 Å². The van der Waals surface area contributed by atoms with Crippen LogP contribution in [-0.4, -0.2) is 34.0 Å². The molecule has 2 aromatic rings. The Balaban J connectivity index is 1.58. The molecule has 3 rings (SSSR count). The first-order valence-corrected chi connectivity index (χ1v) is 7.57. The van der Waals surface area contributed by atoms with Gasteiger partial charge in [0.25, 0.3) is 0 Å². The molecule has 20 heavy (non-hydrogen) atoms. The molecule has 0 radical (unpaired) electrons. The minimum absolute atomic E-state index is 0.161. The molecule has 1 aromatic heterocycles. The normalized spacial score (nSPS) is 15.0. The summed E-state index contributed by atoms with van der Waals surface area (Å²) in [5.41, 5.74) is 3.02. The molecule has 0 unspecified atom stereocenters. The second-order valence-electron chi connectivity index (χ2n) is 4.98. The molecule has 0 bridgehead atoms. The van der Waals surface area contributed by atoms with E-state index in [4.69, 9.17) is 5.11 Å². The highest BCUT2D eigenvalue weighted by molar-refractivity contribution is 7.09. The summed E-state index contributed by atoms with van der Waals surface area (Å²) in [6, 6.07) is 8.57. The number of carboxylic acid groups (broad SMARTS) is 1. The third-order valence-corrected chi connectivity index (χ3v) is 4.53. The number of carboxylic acids is 1. The van der Waals surface area contributed by atoms with Crippen LogP contribution in [0.15, 0.2) is 29.6 Å². The minimum Gasteiger partial charge on any atom is -0.476 e. The Morgan fingerprint density at radius 3 is 2.90 bits per heavy atom. The molecule has 0 spiro atoms. The average Bonchev–Trinajstić information content (AvgIpc) is 2.94. The van der Waals surface area contributed by atoms with Gasteiger partial charge < -0.3 is 5.11 Å². The Morgan fingerprint density at radius 2 is 2.15 bits per heavy atom. The standard InChI is InChI=1S/C15H16N2O2S/c18-15(19)13-10-20-14(16-13)6-8-17-7-5-11-3-1-2-4-12(11)9-17/h1-4,10H,5-9H2,(H,18,19). The Kier molecular flexibility index (Phi) is 3.80. The Morgan fingerprint density at radius 1 is 1.35 bits per heavy atom. The van der Waals surface area contributed by atoms with Gasteiger partial charge in [0.05, 0.1) is 5.01 Å². The van der Waals surface area contributed by atoms with E-state index in [2.05, 4.69) is 34.1 Å². The molecular weight excluding hydrogens is 272 g/mol. The monoisotopic (exact) mass is 288 g/mol. The van der Waals surface area contributed by atoms with Crippen molar-refractivity contribution in [2.75, 3.05) is 13.1 Å². The molecule has 1 aromatic carbocycles. The fourth-order valence-corrected chi connectivity index (χ4v) is 3.28. The molecule has 1 aliphatic heterocycles. The fourth-order valence-electron chi connectivity index (χ4n) is 2.52. The number of fused-ring (bicyclic) bond motifs is 1. The lowest BCUT2D eigenvalue weighted by atomic mass is 10.00. The van der Waals surface area contributed by atoms with E-state index in [0.29, 0.717) is 0 Å². The first-order valence-electron chi connectivity index (χ1n) is 6.69. The number of aromatic carboxylic acids is 1. The SMILES string of the molecule is O=C(O)c1csc(CCN2CCc3ccccc3C2)n1. The summed E-state index contributed by atoms with van der Waals surface area (Å²) in [6.07, 6.45) is 1.91. The number of thiazole rings is 1. The highest BCUT2D eigenvalue weighted by Gasteiger charge is 2.16. The summed E-state index contributed by atoms with van der Waals surface area (Å²) < 4.78 is 0. The van der Waals surface area contributed by atoms with E-state index in [1.807, 2.05) is 0 Å². The highest BCUT2D eigenvalue weighted by atomic mass is 32.1. The molecule has 0 saturated carbocycles. The zero-order valence-corrected chi connectivity index (χ0v) is 11.9. The lowest BCUT2D eigenvalue weighted by Crippen LogP contribution is -2.32. The predicted octanol–water partition coefficient (Wildman–Crippen LogP) is 2.44. The van der Waals surface area contributed by atoms with E-state index in [1.165, 1.54) is 22.5 Å². The van der Waals surface area contributed by atoms with Crippen LogP contribution in [0.1, 0.15) is 26.6 Å². The van der Waals surface area contributed by atoms with Gasteiger partial charge in [0.1, 0.15) is 0 Å². The van der Waals surface area contributed by atoms with Crippen molar-refractivity contribution in [3.05, 3.63) is 51.5 Å². The summed E-state index contributed by atoms with van der Waals surface area (Å²) in [4.78, 5) is 17.3. The Bertz CT molecular complexity index is 624. The molecule has 0 fully saturated rings. The molecule has 0 saturated heterocycles. The van der Waals surface area contributed by atoms with Crippen molar-refractivity contribution >= 4 is 17.3 Å². The number of aromatic nitrogens is 1. The van der Waals surface area contributed by atoms with Crippen molar-refractivity contribution in [1.29, 1.82) is 0 Å². The lowest BCUT2D eigenvalue weighted by molar-refractivity contribution is 0.0691. The summed E-state index contributed by atoms with van der Waals surface area (Å²) in [5.74, 6) is -0.945. The van der Waals surface area contributed by atoms with Gasteiger partial charge in [0.15, 0.2) is 5.69 Å². The molecule has 1 aliphatic rings. The zero-order chi connectivity index (χ0) is 13.9. The van der Waals surface area contributed by atoms with Crippen LogP contribution in [0, 0.1) is 0 Å². The largest absolute Gasteiger partial charge is 0.476 e. The first kappa shape index (κ1) is 13.3. The Hall–Kier alpha value is -1.72. The maximum atomic E-state index is 10.8. The van der Waals surface area contributed by atoms with Gasteiger partial charge in [0.2, 0.25) is 0 Å². The molecule has 0 amide bonds. The number of carbonyl (C=O) groups is 1. The average molecular weight is 288 g/mol. The first-order chi connectivity index (χ1) is 9.72. The van der Waals surface area contributed by atoms with Crippen LogP contribution < -0.4 is 0 Å². The van der Waals surface area contributed by atoms with E-state index in [9.17, 15) is 4.79 Å². The van der Waals surface area contributed by atoms with Gasteiger partial charge in [-0.3, -0.25) is 4.90 Å². The van der Waals surface area contributed by atoms with Crippen LogP contribution in [0.25, 0.3) is 0 Å². The molecule has 2 heterocycles. The van der Waals surface area contributed by atoms with Crippen LogP contribution in [-0.2, 0) is 19.4 Å². The van der Waals surface area contributed by atoms with Crippen molar-refractivity contribution in [2.24, 2.45) is 0 Å². The van der Waals surface area contributed by atoms with E-state index >= 15 is 0 Å². The van der Waals surface area contributed by atoms with E-state index < -0.39 is 5.97 Å². The third-order valence-electron chi connectivity index (χ3n) is 3.62. The highest BCUT2D eigenvalue weighted by Crippen LogP contribution is 2.19. The second kappa shape index (κ2) is 5.73. The lowest BCUT2D eigenvalue weighted by Gasteiger charge is -2.28. The Labute approximate surface area is 121 Å². The van der Waals surface area contributed by atoms with Gasteiger partial charge in [-0.25, -0.2) is 9.78 Å². The van der Waals surface area contributed by atoms with Gasteiger partial charge >= 0.3 is 5.97 Å². The summed E-state index contributed by atoms with van der Waals surface area (Å²) in [6.45, 7) is 2.97. The van der Waals surface area contributed by atoms with Crippen molar-refractivity contribution in [2.45, 2.75) is 19.4 Å². The van der Waals surface area contributed by atoms with Crippen LogP contribution in [0.5, 0.6) is 0 Å². The topological polar surface area (TPSA) is 53.4 Å². The van der Waals surface area contributed by atoms with Crippen LogP contribution in [0.2, 0.25) is 0 Å². The van der Waals surface area contributed by atoms with E-state index in [0.717, 1.165) is 37.5 Å². The zero-order valence-electron chi connectivity index (χ0n) is 11.1. The maximum Gasteiger partial charge on any atom is 0.355 e. The number of hydrogen-bond acceptors (Lipinski definition) is 4. The second-order valence-corrected chi connectivity index (χ2v) is 5.92. The number of hydrogen-bond donors (Lipinski definition) is 1. The van der Waals surface area contributed by atoms with E-state index in [1.54, 1.807) is 5.38 Å². The molecule has 4 nitrogen and oxygen atoms in total. The number of benzene rings is 1. The molecule has 104 valence electrons. The number of nitrogens with zero attached hydrogens (tertiary/aromatic N) is 2. The summed E-state index contributed by atoms with van der Waals surface area (Å²) in [5, 5.41) is 11.4. The number of rotatable bonds is 4. The maximum absolute atomic E-state index is 10.8. The van der Waals surface area contributed by atoms with Crippen LogP contribution >= 0.6 is 11.3 Å². The predicted molar refractivity (Wildman–Crippen MR) is 78.2 cm³/mol. The van der Waals surface area contributed by atoms with Gasteiger partial charge in [-0.2, -0.15) is 0 Å². The smallest absolute Gasteiger partial charge is 0.355 e. The van der Waals surface area contributed by atoms with Crippen LogP contribution in [0.3, 0.4) is 0 Å². The third kappa shape index (κ3) is 2.89. The van der Waals surface area contributed by atoms with Crippen molar-refractivity contribution < 1.29 is 9.90 Å². The molecular formula is C15H16N2O2S. The van der Waals surface area contributed by atoms with Gasteiger partial charge in [-0.15, -0.1) is 11.3 Å². The van der Waals surface area contributed by atoms with Gasteiger partial charge in [-0.1, -0.05) is 24.3 Å². The summed E-state index contributed by atoms with van der Waals surface area (Å²) in [7, 11) is 0. The van der Waals surface area contributed by atoms with Gasteiger partial charge in [0, 0.05) is 31.4 Å². The quantitative estimate of drug-likeness (QED) is 0.939.